The van der Waals surface area contributed by atoms with Crippen molar-refractivity contribution >= 4 is 21.3 Å². The number of anilines is 1. The van der Waals surface area contributed by atoms with Gasteiger partial charge in [0, 0.05) is 0 Å². The molecule has 0 bridgehead atoms. The first kappa shape index (κ1) is 14.5. The normalized spacial score (nSPS) is 11.6. The number of amidine groups is 1. The Morgan fingerprint density at radius 2 is 2.11 bits per heavy atom. The van der Waals surface area contributed by atoms with Crippen LogP contribution in [0.3, 0.4) is 0 Å². The number of nitrogens with zero attached hydrogens (tertiary/aromatic N) is 1. The molecule has 0 aliphatic rings. The Kier molecular flexibility index (Phi) is 5.66. The van der Waals surface area contributed by atoms with Gasteiger partial charge in [0.1, 0.15) is 0 Å². The third-order valence-electron chi connectivity index (χ3n) is 2.19. The second kappa shape index (κ2) is 7.02. The molecule has 1 aromatic rings. The average molecular weight is 413 g/mol. The van der Waals surface area contributed by atoms with Crippen LogP contribution in [0.5, 0.6) is 0 Å². The topological polar surface area (TPSA) is 67.5 Å². The zero-order valence-electron chi connectivity index (χ0n) is 10.3. The summed E-state index contributed by atoms with van der Waals surface area (Å²) in [7, 11) is 0. The van der Waals surface area contributed by atoms with Gasteiger partial charge in [-0.25, -0.2) is 0 Å². The second-order valence-corrected chi connectivity index (χ2v) is 5.06. The van der Waals surface area contributed by atoms with Crippen LogP contribution in [0, 0.1) is 6.92 Å². The molecule has 94 valence electrons. The van der Waals surface area contributed by atoms with E-state index in [0.717, 1.165) is 30.6 Å². The molecular weight excluding hydrogens is 398 g/mol. The molecule has 0 unspecified atom stereocenters. The van der Waals surface area contributed by atoms with Gasteiger partial charge in [-0.1, -0.05) is 0 Å². The van der Waals surface area contributed by atoms with E-state index >= 15 is 0 Å². The standard InChI is InChI=1S/C13H15N3O.W/c1-3-8-15-12(14)9-13(17)16-11-7-5-4-6-10(11)2;/h3-8H,1-2H3,(H2,14,15)(H,16,17);. The SMILES string of the molecule is CC=CN=C(N)[C](=[W])C(=O)Nc1ccccc1C. The van der Waals surface area contributed by atoms with Crippen LogP contribution < -0.4 is 11.1 Å². The van der Waals surface area contributed by atoms with Crippen molar-refractivity contribution in [2.24, 2.45) is 10.7 Å². The molecule has 0 aliphatic heterocycles. The first-order valence-electron chi connectivity index (χ1n) is 5.42. The zero-order chi connectivity index (χ0) is 13.5. The number of hydrogen-bond donors (Lipinski definition) is 2. The third kappa shape index (κ3) is 4.04. The molecule has 3 N–H and O–H groups in total. The summed E-state index contributed by atoms with van der Waals surface area (Å²) >= 11 is 0.988. The van der Waals surface area contributed by atoms with E-state index in [-0.39, 0.29) is 11.7 Å². The number of rotatable bonds is 4. The van der Waals surface area contributed by atoms with E-state index in [9.17, 15) is 4.79 Å². The van der Waals surface area contributed by atoms with Crippen molar-refractivity contribution in [2.75, 3.05) is 5.32 Å². The molecule has 4 nitrogen and oxygen atoms in total. The number of nitrogens with two attached hydrogens (primary N) is 1. The van der Waals surface area contributed by atoms with Gasteiger partial charge in [0.15, 0.2) is 0 Å². The molecule has 0 saturated carbocycles. The molecule has 1 amide bonds. The Balaban J connectivity index is 2.78. The molecule has 0 atom stereocenters. The first-order valence-corrected chi connectivity index (χ1v) is 6.88. The molecule has 0 saturated heterocycles. The summed E-state index contributed by atoms with van der Waals surface area (Å²) < 4.78 is 0.483. The number of carbonyl (C=O) groups excluding carboxylic acids is 1. The van der Waals surface area contributed by atoms with E-state index in [1.807, 2.05) is 38.1 Å². The molecule has 1 rings (SSSR count). The van der Waals surface area contributed by atoms with Crippen LogP contribution in [-0.4, -0.2) is 15.6 Å². The van der Waals surface area contributed by atoms with Crippen LogP contribution in [-0.2, 0) is 24.1 Å². The second-order valence-electron chi connectivity index (χ2n) is 3.59. The van der Waals surface area contributed by atoms with Gasteiger partial charge in [0.25, 0.3) is 0 Å². The van der Waals surface area contributed by atoms with Crippen molar-refractivity contribution in [3.63, 3.8) is 0 Å². The van der Waals surface area contributed by atoms with Crippen LogP contribution in [0.2, 0.25) is 0 Å². The minimum atomic E-state index is -0.204. The Morgan fingerprint density at radius 3 is 2.72 bits per heavy atom. The zero-order valence-corrected chi connectivity index (χ0v) is 13.2. The van der Waals surface area contributed by atoms with Crippen molar-refractivity contribution in [3.8, 4) is 0 Å². The Labute approximate surface area is 117 Å². The van der Waals surface area contributed by atoms with E-state index in [1.54, 1.807) is 12.3 Å². The molecule has 0 aromatic heterocycles. The van der Waals surface area contributed by atoms with Crippen molar-refractivity contribution in [2.45, 2.75) is 13.8 Å². The van der Waals surface area contributed by atoms with Gasteiger partial charge in [0.2, 0.25) is 0 Å². The van der Waals surface area contributed by atoms with Gasteiger partial charge in [-0.3, -0.25) is 0 Å². The van der Waals surface area contributed by atoms with Crippen molar-refractivity contribution in [1.29, 1.82) is 0 Å². The summed E-state index contributed by atoms with van der Waals surface area (Å²) in [4.78, 5) is 15.9. The van der Waals surface area contributed by atoms with Gasteiger partial charge < -0.3 is 0 Å². The molecule has 0 heterocycles. The fourth-order valence-electron chi connectivity index (χ4n) is 1.22. The maximum absolute atomic E-state index is 12.0. The van der Waals surface area contributed by atoms with Crippen LogP contribution >= 0.6 is 0 Å². The molecule has 0 spiro atoms. The van der Waals surface area contributed by atoms with Gasteiger partial charge in [-0.05, 0) is 0 Å². The van der Waals surface area contributed by atoms with Gasteiger partial charge >= 0.3 is 117 Å². The Morgan fingerprint density at radius 1 is 1.44 bits per heavy atom. The van der Waals surface area contributed by atoms with E-state index in [1.165, 1.54) is 0 Å². The monoisotopic (exact) mass is 413 g/mol. The van der Waals surface area contributed by atoms with E-state index < -0.39 is 0 Å². The van der Waals surface area contributed by atoms with Crippen LogP contribution in [0.15, 0.2) is 41.5 Å². The molecular formula is C13H15N3OW. The summed E-state index contributed by atoms with van der Waals surface area (Å²) in [5.74, 6) is 0.0548. The van der Waals surface area contributed by atoms with Crippen molar-refractivity contribution < 1.29 is 24.1 Å². The Hall–Kier alpha value is -1.54. The van der Waals surface area contributed by atoms with Gasteiger partial charge in [-0.2, -0.15) is 0 Å². The molecule has 5 heteroatoms. The van der Waals surface area contributed by atoms with E-state index in [2.05, 4.69) is 10.3 Å². The number of nitrogens with one attached hydrogen (secondary N) is 1. The molecule has 0 radical (unpaired) electrons. The van der Waals surface area contributed by atoms with Gasteiger partial charge in [-0.15, -0.1) is 0 Å². The average Bonchev–Trinajstić information content (AvgIpc) is 2.37. The molecule has 0 aliphatic carbocycles. The summed E-state index contributed by atoms with van der Waals surface area (Å²) in [6.07, 6.45) is 3.33. The third-order valence-corrected chi connectivity index (χ3v) is 3.61. The molecule has 0 fully saturated rings. The van der Waals surface area contributed by atoms with Crippen LogP contribution in [0.4, 0.5) is 5.69 Å². The van der Waals surface area contributed by atoms with E-state index in [0.29, 0.717) is 3.90 Å². The van der Waals surface area contributed by atoms with Crippen molar-refractivity contribution in [1.82, 2.24) is 0 Å². The fourth-order valence-corrected chi connectivity index (χ4v) is 1.59. The Bertz CT molecular complexity index is 521. The quantitative estimate of drug-likeness (QED) is 0.581. The number of benzene rings is 1. The predicted octanol–water partition coefficient (Wildman–Crippen LogP) is 1.54. The van der Waals surface area contributed by atoms with Crippen molar-refractivity contribution in [3.05, 3.63) is 42.1 Å². The number of hydrogen-bond acceptors (Lipinski definition) is 2. The summed E-state index contributed by atoms with van der Waals surface area (Å²) in [6, 6.07) is 7.60. The number of amides is 1. The van der Waals surface area contributed by atoms with Crippen LogP contribution in [0.1, 0.15) is 12.5 Å². The maximum atomic E-state index is 12.0. The summed E-state index contributed by atoms with van der Waals surface area (Å²) in [5.41, 5.74) is 7.52. The molecule has 18 heavy (non-hydrogen) atoms. The number of carbonyl (C=O) groups is 1. The van der Waals surface area contributed by atoms with Crippen LogP contribution in [0.25, 0.3) is 0 Å². The number of aliphatic imine (C=N–C) groups is 1. The summed E-state index contributed by atoms with van der Waals surface area (Å²) in [6.45, 7) is 3.78. The minimum absolute atomic E-state index is 0.204. The number of aryl methyl sites for hydroxylation is 1. The predicted molar refractivity (Wildman–Crippen MR) is 71.3 cm³/mol. The number of allylic oxidation sites excluding steroid dienone is 1. The fraction of sp³-hybridized carbons (Fsp3) is 0.154. The van der Waals surface area contributed by atoms with E-state index in [4.69, 9.17) is 5.73 Å². The molecule has 1 aromatic carbocycles. The summed E-state index contributed by atoms with van der Waals surface area (Å²) in [5, 5.41) is 2.83. The number of para-hydroxylation sites is 1. The first-order chi connectivity index (χ1) is 8.56. The van der Waals surface area contributed by atoms with Gasteiger partial charge in [0.05, 0.1) is 0 Å².